The number of fused-ring (bicyclic) bond motifs is 3. The van der Waals surface area contributed by atoms with Crippen LogP contribution in [0.15, 0.2) is 66.3 Å². The second kappa shape index (κ2) is 8.49. The Morgan fingerprint density at radius 1 is 1.30 bits per heavy atom. The number of carbonyl (C=O) groups excluding carboxylic acids is 2. The number of nitrogens with zero attached hydrogens (tertiary/aromatic N) is 1. The third-order valence-electron chi connectivity index (χ3n) is 5.63. The number of hydrogen-bond acceptors (Lipinski definition) is 5. The van der Waals surface area contributed by atoms with Crippen molar-refractivity contribution in [3.8, 4) is 0 Å². The van der Waals surface area contributed by atoms with Crippen LogP contribution in [0.3, 0.4) is 0 Å². The van der Waals surface area contributed by atoms with Crippen molar-refractivity contribution in [2.45, 2.75) is 18.5 Å². The molecule has 0 bridgehead atoms. The number of benzene rings is 1. The van der Waals surface area contributed by atoms with Crippen LogP contribution >= 0.6 is 0 Å². The molecule has 0 aliphatic carbocycles. The summed E-state index contributed by atoms with van der Waals surface area (Å²) in [5.74, 6) is 0.734. The predicted octanol–water partition coefficient (Wildman–Crippen LogP) is 4.05. The lowest BCUT2D eigenvalue weighted by Crippen LogP contribution is -2.38. The number of hydrogen-bond donors (Lipinski definition) is 2. The molecule has 0 saturated carbocycles. The van der Waals surface area contributed by atoms with Gasteiger partial charge in [-0.05, 0) is 42.3 Å². The molecule has 7 heteroatoms. The van der Waals surface area contributed by atoms with E-state index >= 15 is 0 Å². The molecule has 2 amide bonds. The molecule has 1 fully saturated rings. The van der Waals surface area contributed by atoms with Crippen molar-refractivity contribution >= 4 is 17.7 Å². The molecular formula is C23H25N3O4. The number of ether oxygens (including phenoxy) is 1. The van der Waals surface area contributed by atoms with E-state index in [0.717, 1.165) is 23.4 Å². The zero-order valence-corrected chi connectivity index (χ0v) is 16.7. The Balaban J connectivity index is 1.72. The van der Waals surface area contributed by atoms with Crippen molar-refractivity contribution in [2.24, 2.45) is 5.92 Å². The number of likely N-dealkylation sites (tertiary alicyclic amines) is 1. The fourth-order valence-corrected chi connectivity index (χ4v) is 4.35. The van der Waals surface area contributed by atoms with E-state index in [2.05, 4.69) is 23.8 Å². The molecule has 1 aromatic carbocycles. The Morgan fingerprint density at radius 3 is 2.90 bits per heavy atom. The van der Waals surface area contributed by atoms with Gasteiger partial charge in [0.25, 0.3) is 5.91 Å². The zero-order chi connectivity index (χ0) is 21.1. The normalized spacial score (nSPS) is 21.7. The minimum Gasteiger partial charge on any atom is -0.467 e. The third-order valence-corrected chi connectivity index (χ3v) is 5.63. The van der Waals surface area contributed by atoms with Crippen LogP contribution in [0.4, 0.5) is 10.5 Å². The second-order valence-electron chi connectivity index (χ2n) is 7.39. The maximum atomic E-state index is 12.7. The standard InChI is InChI=1S/C23H25N3O4/c1-3-10-24-22(27)15-7-8-18-17(14-15)21-16(20(25-18)19-6-5-13-29-19)9-11-26(21)23(28)30-12-4-2/h3-8,13-14,16,20-21,25H,1-2,9-12H2,(H,24,27). The quantitative estimate of drug-likeness (QED) is 0.706. The molecule has 156 valence electrons. The van der Waals surface area contributed by atoms with E-state index in [0.29, 0.717) is 18.7 Å². The summed E-state index contributed by atoms with van der Waals surface area (Å²) in [4.78, 5) is 27.0. The second-order valence-corrected chi connectivity index (χ2v) is 7.39. The molecular weight excluding hydrogens is 382 g/mol. The summed E-state index contributed by atoms with van der Waals surface area (Å²) in [6.07, 6.45) is 5.25. The highest BCUT2D eigenvalue weighted by Gasteiger charge is 2.47. The van der Waals surface area contributed by atoms with Crippen molar-refractivity contribution in [2.75, 3.05) is 25.0 Å². The van der Waals surface area contributed by atoms with Crippen molar-refractivity contribution < 1.29 is 18.7 Å². The van der Waals surface area contributed by atoms with Gasteiger partial charge in [0.2, 0.25) is 0 Å². The third kappa shape index (κ3) is 3.58. The van der Waals surface area contributed by atoms with Gasteiger partial charge in [0.1, 0.15) is 12.4 Å². The van der Waals surface area contributed by atoms with Crippen molar-refractivity contribution in [3.05, 3.63) is 78.8 Å². The summed E-state index contributed by atoms with van der Waals surface area (Å²) in [7, 11) is 0. The first-order valence-corrected chi connectivity index (χ1v) is 10.0. The lowest BCUT2D eigenvalue weighted by atomic mass is 9.81. The molecule has 3 atom stereocenters. The van der Waals surface area contributed by atoms with Gasteiger partial charge in [-0.25, -0.2) is 4.79 Å². The molecule has 3 heterocycles. The van der Waals surface area contributed by atoms with E-state index in [1.165, 1.54) is 0 Å². The van der Waals surface area contributed by atoms with E-state index in [9.17, 15) is 9.59 Å². The Bertz CT molecular complexity index is 953. The fourth-order valence-electron chi connectivity index (χ4n) is 4.35. The molecule has 4 rings (SSSR count). The van der Waals surface area contributed by atoms with Crippen LogP contribution in [0.1, 0.15) is 40.2 Å². The molecule has 7 nitrogen and oxygen atoms in total. The topological polar surface area (TPSA) is 83.8 Å². The van der Waals surface area contributed by atoms with Crippen LogP contribution in [-0.4, -0.2) is 36.6 Å². The van der Waals surface area contributed by atoms with Gasteiger partial charge >= 0.3 is 6.09 Å². The van der Waals surface area contributed by atoms with E-state index in [-0.39, 0.29) is 36.6 Å². The van der Waals surface area contributed by atoms with Gasteiger partial charge in [-0.1, -0.05) is 18.7 Å². The van der Waals surface area contributed by atoms with Crippen molar-refractivity contribution in [3.63, 3.8) is 0 Å². The monoisotopic (exact) mass is 407 g/mol. The molecule has 2 aliphatic heterocycles. The summed E-state index contributed by atoms with van der Waals surface area (Å²) < 4.78 is 11.0. The van der Waals surface area contributed by atoms with Crippen LogP contribution in [0.2, 0.25) is 0 Å². The summed E-state index contributed by atoms with van der Waals surface area (Å²) in [5, 5.41) is 6.35. The van der Waals surface area contributed by atoms with Crippen LogP contribution in [0.5, 0.6) is 0 Å². The summed E-state index contributed by atoms with van der Waals surface area (Å²) in [6, 6.07) is 9.02. The Hall–Kier alpha value is -3.48. The lowest BCUT2D eigenvalue weighted by Gasteiger charge is -2.38. The van der Waals surface area contributed by atoms with Gasteiger partial charge in [0, 0.05) is 30.3 Å². The number of nitrogens with one attached hydrogen (secondary N) is 2. The SMILES string of the molecule is C=CCNC(=O)c1ccc2c(c1)C1C(CCN1C(=O)OCC=C)C(c1ccco1)N2. The fraction of sp³-hybridized carbons (Fsp3) is 0.304. The van der Waals surface area contributed by atoms with Gasteiger partial charge in [-0.3, -0.25) is 4.79 Å². The van der Waals surface area contributed by atoms with E-state index in [4.69, 9.17) is 9.15 Å². The van der Waals surface area contributed by atoms with Crippen LogP contribution in [0, 0.1) is 5.92 Å². The van der Waals surface area contributed by atoms with Gasteiger partial charge in [-0.15, -0.1) is 6.58 Å². The van der Waals surface area contributed by atoms with Gasteiger partial charge in [0.05, 0.1) is 18.3 Å². The number of furan rings is 1. The van der Waals surface area contributed by atoms with Gasteiger partial charge in [0.15, 0.2) is 0 Å². The summed E-state index contributed by atoms with van der Waals surface area (Å²) in [6.45, 7) is 8.35. The number of rotatable bonds is 6. The molecule has 1 aromatic heterocycles. The first-order valence-electron chi connectivity index (χ1n) is 10.0. The lowest BCUT2D eigenvalue weighted by molar-refractivity contribution is 0.0957. The molecule has 2 aromatic rings. The van der Waals surface area contributed by atoms with Crippen molar-refractivity contribution in [1.29, 1.82) is 0 Å². The molecule has 2 N–H and O–H groups in total. The van der Waals surface area contributed by atoms with Crippen LogP contribution < -0.4 is 10.6 Å². The van der Waals surface area contributed by atoms with Crippen LogP contribution in [-0.2, 0) is 4.74 Å². The summed E-state index contributed by atoms with van der Waals surface area (Å²) >= 11 is 0. The molecule has 30 heavy (non-hydrogen) atoms. The first kappa shape index (κ1) is 19.8. The largest absolute Gasteiger partial charge is 0.467 e. The average Bonchev–Trinajstić information content (AvgIpc) is 3.45. The minimum absolute atomic E-state index is 0.0739. The van der Waals surface area contributed by atoms with Crippen LogP contribution in [0.25, 0.3) is 0 Å². The molecule has 0 radical (unpaired) electrons. The predicted molar refractivity (Wildman–Crippen MR) is 113 cm³/mol. The van der Waals surface area contributed by atoms with Crippen molar-refractivity contribution in [1.82, 2.24) is 10.2 Å². The Labute approximate surface area is 175 Å². The zero-order valence-electron chi connectivity index (χ0n) is 16.7. The highest BCUT2D eigenvalue weighted by Crippen LogP contribution is 2.51. The number of amides is 2. The maximum Gasteiger partial charge on any atom is 0.410 e. The number of anilines is 1. The molecule has 0 spiro atoms. The number of carbonyl (C=O) groups is 2. The highest BCUT2D eigenvalue weighted by atomic mass is 16.6. The highest BCUT2D eigenvalue weighted by molar-refractivity contribution is 5.95. The van der Waals surface area contributed by atoms with E-state index < -0.39 is 0 Å². The Morgan fingerprint density at radius 2 is 2.17 bits per heavy atom. The maximum absolute atomic E-state index is 12.7. The first-order chi connectivity index (χ1) is 14.6. The Kier molecular flexibility index (Phi) is 5.61. The molecule has 1 saturated heterocycles. The molecule has 3 unspecified atom stereocenters. The van der Waals surface area contributed by atoms with Gasteiger partial charge < -0.3 is 24.7 Å². The average molecular weight is 407 g/mol. The van der Waals surface area contributed by atoms with E-state index in [1.54, 1.807) is 29.4 Å². The molecule has 2 aliphatic rings. The summed E-state index contributed by atoms with van der Waals surface area (Å²) in [5.41, 5.74) is 2.32. The minimum atomic E-state index is -0.380. The smallest absolute Gasteiger partial charge is 0.410 e. The van der Waals surface area contributed by atoms with E-state index in [1.807, 2.05) is 24.3 Å². The van der Waals surface area contributed by atoms with Gasteiger partial charge in [-0.2, -0.15) is 0 Å².